The van der Waals surface area contributed by atoms with E-state index in [9.17, 15) is 5.11 Å². The average Bonchev–Trinajstić information content (AvgIpc) is 2.42. The Bertz CT molecular complexity index is 407. The van der Waals surface area contributed by atoms with E-state index < -0.39 is 0 Å². The Kier molecular flexibility index (Phi) is 6.18. The predicted molar refractivity (Wildman–Crippen MR) is 78.0 cm³/mol. The van der Waals surface area contributed by atoms with E-state index in [-0.39, 0.29) is 12.6 Å². The number of aryl methyl sites for hydroxylation is 1. The third kappa shape index (κ3) is 3.64. The number of nitrogens with two attached hydrogens (primary N) is 1. The van der Waals surface area contributed by atoms with E-state index in [1.807, 2.05) is 0 Å². The van der Waals surface area contributed by atoms with Crippen molar-refractivity contribution in [2.45, 2.75) is 53.1 Å². The number of aliphatic hydroxyl groups excluding tert-OH is 1. The van der Waals surface area contributed by atoms with Gasteiger partial charge in [0.05, 0.1) is 18.3 Å². The molecule has 1 heterocycles. The van der Waals surface area contributed by atoms with Crippen LogP contribution in [0.5, 0.6) is 0 Å². The van der Waals surface area contributed by atoms with Gasteiger partial charge in [-0.2, -0.15) is 5.10 Å². The molecule has 0 fully saturated rings. The van der Waals surface area contributed by atoms with E-state index in [2.05, 4.69) is 43.2 Å². The second-order valence-electron chi connectivity index (χ2n) is 5.04. The lowest BCUT2D eigenvalue weighted by atomic mass is 10.0. The van der Waals surface area contributed by atoms with Crippen LogP contribution < -0.4 is 11.1 Å². The Morgan fingerprint density at radius 2 is 1.84 bits per heavy atom. The van der Waals surface area contributed by atoms with Gasteiger partial charge < -0.3 is 16.2 Å². The molecular formula is C14H26N4O. The van der Waals surface area contributed by atoms with Crippen molar-refractivity contribution < 1.29 is 5.11 Å². The normalized spacial score (nSPS) is 12.8. The average molecular weight is 266 g/mol. The smallest absolute Gasteiger partial charge is 0.153 e. The molecule has 1 rings (SSSR count). The molecule has 5 nitrogen and oxygen atoms in total. The van der Waals surface area contributed by atoms with Crippen molar-refractivity contribution in [2.24, 2.45) is 11.7 Å². The predicted octanol–water partition coefficient (Wildman–Crippen LogP) is 1.49. The number of nitrogens with one attached hydrogen (secondary N) is 1. The molecule has 0 bridgehead atoms. The number of hydrogen-bond acceptors (Lipinski definition) is 5. The van der Waals surface area contributed by atoms with Crippen LogP contribution in [-0.2, 0) is 19.4 Å². The summed E-state index contributed by atoms with van der Waals surface area (Å²) in [6.07, 6.45) is 1.75. The van der Waals surface area contributed by atoms with Crippen LogP contribution >= 0.6 is 0 Å². The van der Waals surface area contributed by atoms with E-state index >= 15 is 0 Å². The molecule has 0 saturated carbocycles. The van der Waals surface area contributed by atoms with Gasteiger partial charge in [0.25, 0.3) is 0 Å². The molecule has 0 aromatic carbocycles. The molecule has 4 N–H and O–H groups in total. The minimum atomic E-state index is -0.0308. The molecule has 1 unspecified atom stereocenters. The minimum Gasteiger partial charge on any atom is -0.394 e. The summed E-state index contributed by atoms with van der Waals surface area (Å²) in [7, 11) is 0. The Morgan fingerprint density at radius 3 is 2.26 bits per heavy atom. The van der Waals surface area contributed by atoms with Gasteiger partial charge in [0.15, 0.2) is 5.82 Å². The van der Waals surface area contributed by atoms with Gasteiger partial charge in [-0.25, -0.2) is 0 Å². The highest BCUT2D eigenvalue weighted by atomic mass is 16.3. The first-order valence-electron chi connectivity index (χ1n) is 7.03. The highest BCUT2D eigenvalue weighted by Gasteiger charge is 2.18. The lowest BCUT2D eigenvalue weighted by Crippen LogP contribution is -2.31. The summed E-state index contributed by atoms with van der Waals surface area (Å²) < 4.78 is 0. The molecule has 0 radical (unpaired) electrons. The molecule has 0 aliphatic heterocycles. The van der Waals surface area contributed by atoms with E-state index in [0.717, 1.165) is 24.1 Å². The standard InChI is InChI=1S/C14H26N4O/c1-5-10-11(7-15)14(18-17-12(10)6-2)16-13(8-19)9(3)4/h9,13,19H,5-8,15H2,1-4H3,(H,16,18). The van der Waals surface area contributed by atoms with E-state index in [4.69, 9.17) is 5.73 Å². The van der Waals surface area contributed by atoms with Crippen molar-refractivity contribution in [1.29, 1.82) is 0 Å². The highest BCUT2D eigenvalue weighted by Crippen LogP contribution is 2.22. The van der Waals surface area contributed by atoms with E-state index in [1.165, 1.54) is 5.56 Å². The van der Waals surface area contributed by atoms with E-state index in [0.29, 0.717) is 18.3 Å². The third-order valence-electron chi connectivity index (χ3n) is 3.49. The third-order valence-corrected chi connectivity index (χ3v) is 3.49. The second kappa shape index (κ2) is 7.40. The topological polar surface area (TPSA) is 84.1 Å². The zero-order valence-corrected chi connectivity index (χ0v) is 12.4. The zero-order chi connectivity index (χ0) is 14.4. The van der Waals surface area contributed by atoms with Gasteiger partial charge >= 0.3 is 0 Å². The molecule has 0 spiro atoms. The molecule has 0 aliphatic rings. The van der Waals surface area contributed by atoms with Crippen LogP contribution in [0.25, 0.3) is 0 Å². The number of aromatic nitrogens is 2. The van der Waals surface area contributed by atoms with Crippen molar-refractivity contribution in [3.05, 3.63) is 16.8 Å². The first-order chi connectivity index (χ1) is 9.08. The Balaban J connectivity index is 3.14. The molecule has 1 atom stereocenters. The number of nitrogens with zero attached hydrogens (tertiary/aromatic N) is 2. The first-order valence-corrected chi connectivity index (χ1v) is 7.03. The summed E-state index contributed by atoms with van der Waals surface area (Å²) in [4.78, 5) is 0. The van der Waals surface area contributed by atoms with Crippen molar-refractivity contribution in [2.75, 3.05) is 11.9 Å². The van der Waals surface area contributed by atoms with Crippen LogP contribution in [0.1, 0.15) is 44.5 Å². The Hall–Kier alpha value is -1.20. The molecule has 0 aliphatic carbocycles. The fraction of sp³-hybridized carbons (Fsp3) is 0.714. The van der Waals surface area contributed by atoms with Crippen molar-refractivity contribution in [3.63, 3.8) is 0 Å². The summed E-state index contributed by atoms with van der Waals surface area (Å²) in [5.74, 6) is 1.03. The van der Waals surface area contributed by atoms with Crippen LogP contribution in [0.15, 0.2) is 0 Å². The zero-order valence-electron chi connectivity index (χ0n) is 12.4. The van der Waals surface area contributed by atoms with Crippen LogP contribution in [-0.4, -0.2) is 28.0 Å². The molecule has 1 aromatic heterocycles. The van der Waals surface area contributed by atoms with Crippen LogP contribution in [0.2, 0.25) is 0 Å². The van der Waals surface area contributed by atoms with Crippen molar-refractivity contribution in [3.8, 4) is 0 Å². The molecule has 0 amide bonds. The first kappa shape index (κ1) is 15.9. The van der Waals surface area contributed by atoms with Crippen molar-refractivity contribution >= 4 is 5.82 Å². The summed E-state index contributed by atoms with van der Waals surface area (Å²) in [5, 5.41) is 21.2. The molecule has 108 valence electrons. The summed E-state index contributed by atoms with van der Waals surface area (Å²) in [5.41, 5.74) is 9.09. The minimum absolute atomic E-state index is 0.0308. The molecule has 1 aromatic rings. The number of anilines is 1. The maximum absolute atomic E-state index is 9.41. The highest BCUT2D eigenvalue weighted by molar-refractivity contribution is 5.49. The van der Waals surface area contributed by atoms with Gasteiger partial charge in [0, 0.05) is 12.1 Å². The number of rotatable bonds is 7. The van der Waals surface area contributed by atoms with Crippen LogP contribution in [0, 0.1) is 5.92 Å². The molecular weight excluding hydrogens is 240 g/mol. The fourth-order valence-electron chi connectivity index (χ4n) is 2.18. The quantitative estimate of drug-likeness (QED) is 0.696. The number of hydrogen-bond donors (Lipinski definition) is 3. The van der Waals surface area contributed by atoms with Gasteiger partial charge in [-0.3, -0.25) is 0 Å². The van der Waals surface area contributed by atoms with Gasteiger partial charge in [-0.15, -0.1) is 5.10 Å². The largest absolute Gasteiger partial charge is 0.394 e. The second-order valence-corrected chi connectivity index (χ2v) is 5.04. The van der Waals surface area contributed by atoms with Gasteiger partial charge in [0.1, 0.15) is 0 Å². The Morgan fingerprint density at radius 1 is 1.16 bits per heavy atom. The Labute approximate surface area is 115 Å². The van der Waals surface area contributed by atoms with Gasteiger partial charge in [0.2, 0.25) is 0 Å². The maximum atomic E-state index is 9.41. The lowest BCUT2D eigenvalue weighted by Gasteiger charge is -2.23. The van der Waals surface area contributed by atoms with E-state index in [1.54, 1.807) is 0 Å². The SMILES string of the molecule is CCc1nnc(NC(CO)C(C)C)c(CN)c1CC. The van der Waals surface area contributed by atoms with Crippen molar-refractivity contribution in [1.82, 2.24) is 10.2 Å². The summed E-state index contributed by atoms with van der Waals surface area (Å²) in [6.45, 7) is 8.80. The summed E-state index contributed by atoms with van der Waals surface area (Å²) in [6, 6.07) is -0.0308. The van der Waals surface area contributed by atoms with Crippen LogP contribution in [0.4, 0.5) is 5.82 Å². The maximum Gasteiger partial charge on any atom is 0.153 e. The number of aliphatic hydroxyl groups is 1. The van der Waals surface area contributed by atoms with Crippen LogP contribution in [0.3, 0.4) is 0 Å². The summed E-state index contributed by atoms with van der Waals surface area (Å²) >= 11 is 0. The lowest BCUT2D eigenvalue weighted by molar-refractivity contribution is 0.249. The van der Waals surface area contributed by atoms with Gasteiger partial charge in [-0.05, 0) is 24.3 Å². The molecule has 0 saturated heterocycles. The van der Waals surface area contributed by atoms with Gasteiger partial charge in [-0.1, -0.05) is 27.7 Å². The molecule has 5 heteroatoms. The fourth-order valence-corrected chi connectivity index (χ4v) is 2.18. The molecule has 19 heavy (non-hydrogen) atoms. The monoisotopic (exact) mass is 266 g/mol.